The van der Waals surface area contributed by atoms with Gasteiger partial charge in [-0.2, -0.15) is 0 Å². The van der Waals surface area contributed by atoms with E-state index in [-0.39, 0.29) is 5.41 Å². The van der Waals surface area contributed by atoms with E-state index >= 15 is 0 Å². The largest absolute Gasteiger partial charge is 0.492 e. The summed E-state index contributed by atoms with van der Waals surface area (Å²) in [7, 11) is 0. The van der Waals surface area contributed by atoms with Crippen molar-refractivity contribution >= 4 is 5.57 Å². The van der Waals surface area contributed by atoms with Gasteiger partial charge in [0.1, 0.15) is 5.75 Å². The van der Waals surface area contributed by atoms with Crippen LogP contribution in [-0.2, 0) is 0 Å². The van der Waals surface area contributed by atoms with Crippen molar-refractivity contribution in [2.75, 3.05) is 6.61 Å². The molecule has 80 valence electrons. The van der Waals surface area contributed by atoms with Gasteiger partial charge in [-0.25, -0.2) is 0 Å². The molecule has 1 nitrogen and oxygen atoms in total. The first-order valence-electron chi connectivity index (χ1n) is 5.42. The Kier molecular flexibility index (Phi) is 2.34. The van der Waals surface area contributed by atoms with E-state index in [0.717, 1.165) is 12.4 Å². The summed E-state index contributed by atoms with van der Waals surface area (Å²) in [5.41, 5.74) is 3.89. The molecule has 0 bridgehead atoms. The zero-order valence-corrected chi connectivity index (χ0v) is 9.92. The molecule has 1 aromatic rings. The van der Waals surface area contributed by atoms with Gasteiger partial charge < -0.3 is 4.74 Å². The molecule has 1 heteroatoms. The lowest BCUT2D eigenvalue weighted by atomic mass is 9.91. The van der Waals surface area contributed by atoms with Crippen LogP contribution < -0.4 is 4.74 Å². The van der Waals surface area contributed by atoms with Crippen LogP contribution in [0.1, 0.15) is 31.9 Å². The predicted molar refractivity (Wildman–Crippen MR) is 64.1 cm³/mol. The molecule has 0 radical (unpaired) electrons. The van der Waals surface area contributed by atoms with Crippen LogP contribution in [0, 0.1) is 12.3 Å². The third-order valence-electron chi connectivity index (χ3n) is 2.83. The van der Waals surface area contributed by atoms with Crippen LogP contribution in [0.5, 0.6) is 5.75 Å². The SMILES string of the molecule is CC1=CC(C)(C)COc2c(C)cccc21. The predicted octanol–water partition coefficient (Wildman–Crippen LogP) is 3.82. The average molecular weight is 202 g/mol. The van der Waals surface area contributed by atoms with Crippen molar-refractivity contribution in [3.8, 4) is 5.75 Å². The fraction of sp³-hybridized carbons (Fsp3) is 0.429. The Morgan fingerprint density at radius 2 is 1.93 bits per heavy atom. The third kappa shape index (κ3) is 1.92. The minimum Gasteiger partial charge on any atom is -0.492 e. The maximum Gasteiger partial charge on any atom is 0.129 e. The normalized spacial score (nSPS) is 18.5. The maximum absolute atomic E-state index is 5.91. The van der Waals surface area contributed by atoms with Gasteiger partial charge >= 0.3 is 0 Å². The summed E-state index contributed by atoms with van der Waals surface area (Å²) >= 11 is 0. The lowest BCUT2D eigenvalue weighted by Gasteiger charge is -2.19. The second-order valence-electron chi connectivity index (χ2n) is 5.06. The van der Waals surface area contributed by atoms with Crippen LogP contribution in [0.15, 0.2) is 24.3 Å². The summed E-state index contributed by atoms with van der Waals surface area (Å²) in [5.74, 6) is 1.05. The molecular weight excluding hydrogens is 184 g/mol. The smallest absolute Gasteiger partial charge is 0.129 e. The molecule has 0 saturated carbocycles. The molecule has 0 N–H and O–H groups in total. The number of ether oxygens (including phenoxy) is 1. The van der Waals surface area contributed by atoms with Crippen molar-refractivity contribution in [3.63, 3.8) is 0 Å². The van der Waals surface area contributed by atoms with Crippen LogP contribution in [0.4, 0.5) is 0 Å². The van der Waals surface area contributed by atoms with E-state index in [2.05, 4.69) is 52.0 Å². The highest BCUT2D eigenvalue weighted by Gasteiger charge is 2.22. The third-order valence-corrected chi connectivity index (χ3v) is 2.83. The lowest BCUT2D eigenvalue weighted by molar-refractivity contribution is 0.223. The van der Waals surface area contributed by atoms with Crippen LogP contribution in [0.25, 0.3) is 5.57 Å². The zero-order valence-electron chi connectivity index (χ0n) is 9.92. The van der Waals surface area contributed by atoms with E-state index in [1.54, 1.807) is 0 Å². The lowest BCUT2D eigenvalue weighted by Crippen LogP contribution is -2.17. The van der Waals surface area contributed by atoms with Crippen molar-refractivity contribution in [2.24, 2.45) is 5.41 Å². The van der Waals surface area contributed by atoms with E-state index in [4.69, 9.17) is 4.74 Å². The number of allylic oxidation sites excluding steroid dienone is 1. The summed E-state index contributed by atoms with van der Waals surface area (Å²) in [6.45, 7) is 9.43. The van der Waals surface area contributed by atoms with Crippen molar-refractivity contribution in [2.45, 2.75) is 27.7 Å². The second-order valence-corrected chi connectivity index (χ2v) is 5.06. The molecular formula is C14H18O. The quantitative estimate of drug-likeness (QED) is 0.621. The van der Waals surface area contributed by atoms with Crippen molar-refractivity contribution in [3.05, 3.63) is 35.4 Å². The van der Waals surface area contributed by atoms with Crippen LogP contribution in [0.3, 0.4) is 0 Å². The first-order chi connectivity index (χ1) is 6.99. The van der Waals surface area contributed by atoms with Crippen LogP contribution in [0.2, 0.25) is 0 Å². The minimum atomic E-state index is 0.121. The molecule has 0 spiro atoms. The zero-order chi connectivity index (χ0) is 11.1. The Bertz CT molecular complexity index is 413. The topological polar surface area (TPSA) is 9.23 Å². The molecule has 0 aromatic heterocycles. The highest BCUT2D eigenvalue weighted by Crippen LogP contribution is 2.36. The first kappa shape index (κ1) is 10.3. The molecule has 0 unspecified atom stereocenters. The van der Waals surface area contributed by atoms with E-state index in [9.17, 15) is 0 Å². The van der Waals surface area contributed by atoms with Gasteiger partial charge in [0.05, 0.1) is 6.61 Å². The molecule has 1 aliphatic heterocycles. The molecule has 0 aliphatic carbocycles. The number of aryl methyl sites for hydroxylation is 1. The molecule has 0 fully saturated rings. The van der Waals surface area contributed by atoms with Gasteiger partial charge in [-0.15, -0.1) is 0 Å². The molecule has 15 heavy (non-hydrogen) atoms. The van der Waals surface area contributed by atoms with Crippen LogP contribution in [-0.4, -0.2) is 6.61 Å². The molecule has 0 saturated heterocycles. The number of benzene rings is 1. The average Bonchev–Trinajstić information content (AvgIpc) is 2.25. The molecule has 1 aromatic carbocycles. The van der Waals surface area contributed by atoms with Gasteiger partial charge in [0.2, 0.25) is 0 Å². The standard InChI is InChI=1S/C14H18O/c1-10-6-5-7-12-11(2)8-14(3,4)9-15-13(10)12/h5-8H,9H2,1-4H3. The summed E-state index contributed by atoms with van der Waals surface area (Å²) < 4.78 is 5.91. The van der Waals surface area contributed by atoms with E-state index in [1.807, 2.05) is 0 Å². The second kappa shape index (κ2) is 3.41. The van der Waals surface area contributed by atoms with Gasteiger partial charge in [0.25, 0.3) is 0 Å². The van der Waals surface area contributed by atoms with Crippen molar-refractivity contribution in [1.29, 1.82) is 0 Å². The summed E-state index contributed by atoms with van der Waals surface area (Å²) in [5, 5.41) is 0. The van der Waals surface area contributed by atoms with E-state index in [1.165, 1.54) is 16.7 Å². The number of hydrogen-bond donors (Lipinski definition) is 0. The van der Waals surface area contributed by atoms with Gasteiger partial charge in [0.15, 0.2) is 0 Å². The van der Waals surface area contributed by atoms with Gasteiger partial charge in [-0.05, 0) is 25.0 Å². The molecule has 0 atom stereocenters. The molecule has 2 rings (SSSR count). The molecule has 1 aliphatic rings. The monoisotopic (exact) mass is 202 g/mol. The highest BCUT2D eigenvalue weighted by molar-refractivity contribution is 5.71. The Hall–Kier alpha value is -1.24. The van der Waals surface area contributed by atoms with E-state index < -0.39 is 0 Å². The van der Waals surface area contributed by atoms with E-state index in [0.29, 0.717) is 0 Å². The minimum absolute atomic E-state index is 0.121. The summed E-state index contributed by atoms with van der Waals surface area (Å²) in [6.07, 6.45) is 2.30. The summed E-state index contributed by atoms with van der Waals surface area (Å²) in [4.78, 5) is 0. The Balaban J connectivity index is 2.56. The molecule has 0 amide bonds. The van der Waals surface area contributed by atoms with Gasteiger partial charge in [-0.3, -0.25) is 0 Å². The van der Waals surface area contributed by atoms with Crippen molar-refractivity contribution in [1.82, 2.24) is 0 Å². The Morgan fingerprint density at radius 3 is 2.67 bits per heavy atom. The van der Waals surface area contributed by atoms with Gasteiger partial charge in [-0.1, -0.05) is 38.1 Å². The number of rotatable bonds is 0. The Labute approximate surface area is 91.8 Å². The first-order valence-corrected chi connectivity index (χ1v) is 5.42. The fourth-order valence-corrected chi connectivity index (χ4v) is 2.12. The number of fused-ring (bicyclic) bond motifs is 1. The van der Waals surface area contributed by atoms with Gasteiger partial charge in [0, 0.05) is 11.0 Å². The fourth-order valence-electron chi connectivity index (χ4n) is 2.12. The Morgan fingerprint density at radius 1 is 1.20 bits per heavy atom. The highest BCUT2D eigenvalue weighted by atomic mass is 16.5. The summed E-state index contributed by atoms with van der Waals surface area (Å²) in [6, 6.07) is 6.33. The molecule has 1 heterocycles. The maximum atomic E-state index is 5.91. The van der Waals surface area contributed by atoms with Crippen LogP contribution >= 0.6 is 0 Å². The van der Waals surface area contributed by atoms with Crippen molar-refractivity contribution < 1.29 is 4.74 Å². The number of para-hydroxylation sites is 1. The number of hydrogen-bond acceptors (Lipinski definition) is 1.